The van der Waals surface area contributed by atoms with Crippen molar-refractivity contribution in [2.75, 3.05) is 6.61 Å². The second kappa shape index (κ2) is 6.43. The molecule has 0 saturated heterocycles. The highest BCUT2D eigenvalue weighted by Crippen LogP contribution is 2.29. The fraction of sp³-hybridized carbons (Fsp3) is 0.375. The van der Waals surface area contributed by atoms with E-state index in [-0.39, 0.29) is 13.0 Å². The van der Waals surface area contributed by atoms with Gasteiger partial charge in [0.1, 0.15) is 5.75 Å². The zero-order valence-electron chi connectivity index (χ0n) is 12.5. The van der Waals surface area contributed by atoms with Crippen LogP contribution in [0, 0.1) is 0 Å². The Morgan fingerprint density at radius 2 is 2.00 bits per heavy atom. The average molecular weight is 288 g/mol. The summed E-state index contributed by atoms with van der Waals surface area (Å²) in [6.07, 6.45) is 2.01. The van der Waals surface area contributed by atoms with Crippen LogP contribution in [0.5, 0.6) is 5.75 Å². The van der Waals surface area contributed by atoms with Crippen LogP contribution in [0.1, 0.15) is 31.9 Å². The third-order valence-corrected chi connectivity index (χ3v) is 3.15. The summed E-state index contributed by atoms with van der Waals surface area (Å²) in [6, 6.07) is 7.65. The number of aryl methyl sites for hydroxylation is 1. The summed E-state index contributed by atoms with van der Waals surface area (Å²) in [6.45, 7) is 4.42. The molecule has 1 aromatic heterocycles. The van der Waals surface area contributed by atoms with E-state index in [0.717, 1.165) is 16.8 Å². The summed E-state index contributed by atoms with van der Waals surface area (Å²) in [5.41, 5.74) is 3.26. The SMILES string of the molecule is CC(C)c1nn(C)cc1-c1ccc(OCCC(=O)O)cc1. The molecule has 0 unspecified atom stereocenters. The molecule has 1 N–H and O–H groups in total. The number of aromatic nitrogens is 2. The van der Waals surface area contributed by atoms with Gasteiger partial charge in [0.25, 0.3) is 0 Å². The maximum atomic E-state index is 10.4. The largest absolute Gasteiger partial charge is 0.493 e. The van der Waals surface area contributed by atoms with Crippen LogP contribution in [-0.2, 0) is 11.8 Å². The van der Waals surface area contributed by atoms with Crippen LogP contribution >= 0.6 is 0 Å². The predicted molar refractivity (Wildman–Crippen MR) is 80.5 cm³/mol. The van der Waals surface area contributed by atoms with Crippen LogP contribution in [0.25, 0.3) is 11.1 Å². The summed E-state index contributed by atoms with van der Waals surface area (Å²) in [7, 11) is 1.92. The number of carbonyl (C=O) groups is 1. The molecule has 0 amide bonds. The lowest BCUT2D eigenvalue weighted by molar-refractivity contribution is -0.137. The third kappa shape index (κ3) is 3.84. The molecule has 5 nitrogen and oxygen atoms in total. The standard InChI is InChI=1S/C16H20N2O3/c1-11(2)16-14(10-18(3)17-16)12-4-6-13(7-5-12)21-9-8-15(19)20/h4-7,10-11H,8-9H2,1-3H3,(H,19,20). The molecule has 2 aromatic rings. The number of hydrogen-bond acceptors (Lipinski definition) is 3. The van der Waals surface area contributed by atoms with Crippen molar-refractivity contribution in [3.8, 4) is 16.9 Å². The van der Waals surface area contributed by atoms with E-state index < -0.39 is 5.97 Å². The number of ether oxygens (including phenoxy) is 1. The van der Waals surface area contributed by atoms with Gasteiger partial charge in [-0.25, -0.2) is 0 Å². The molecule has 0 bridgehead atoms. The van der Waals surface area contributed by atoms with Crippen LogP contribution in [0.15, 0.2) is 30.5 Å². The minimum atomic E-state index is -0.858. The van der Waals surface area contributed by atoms with Crippen molar-refractivity contribution in [2.24, 2.45) is 7.05 Å². The maximum Gasteiger partial charge on any atom is 0.306 e. The highest BCUT2D eigenvalue weighted by Gasteiger charge is 2.13. The van der Waals surface area contributed by atoms with Gasteiger partial charge in [-0.1, -0.05) is 26.0 Å². The number of carboxylic acids is 1. The fourth-order valence-corrected chi connectivity index (χ4v) is 2.14. The number of hydrogen-bond donors (Lipinski definition) is 1. The summed E-state index contributed by atoms with van der Waals surface area (Å²) >= 11 is 0. The van der Waals surface area contributed by atoms with Gasteiger partial charge >= 0.3 is 5.97 Å². The van der Waals surface area contributed by atoms with Gasteiger partial charge in [-0.2, -0.15) is 5.10 Å². The first-order valence-corrected chi connectivity index (χ1v) is 6.96. The van der Waals surface area contributed by atoms with Crippen molar-refractivity contribution >= 4 is 5.97 Å². The highest BCUT2D eigenvalue weighted by molar-refractivity contribution is 5.67. The van der Waals surface area contributed by atoms with Gasteiger partial charge in [0.05, 0.1) is 18.7 Å². The number of benzene rings is 1. The smallest absolute Gasteiger partial charge is 0.306 e. The van der Waals surface area contributed by atoms with E-state index >= 15 is 0 Å². The predicted octanol–water partition coefficient (Wildman–Crippen LogP) is 3.06. The van der Waals surface area contributed by atoms with Crippen LogP contribution in [0.4, 0.5) is 0 Å². The summed E-state index contributed by atoms with van der Waals surface area (Å²) in [4.78, 5) is 10.4. The second-order valence-corrected chi connectivity index (χ2v) is 5.27. The van der Waals surface area contributed by atoms with E-state index in [4.69, 9.17) is 9.84 Å². The number of carboxylic acid groups (broad SMARTS) is 1. The molecule has 0 atom stereocenters. The lowest BCUT2D eigenvalue weighted by atomic mass is 10.0. The van der Waals surface area contributed by atoms with Gasteiger partial charge in [-0.05, 0) is 23.6 Å². The molecule has 21 heavy (non-hydrogen) atoms. The molecular formula is C16H20N2O3. The van der Waals surface area contributed by atoms with Crippen molar-refractivity contribution in [1.29, 1.82) is 0 Å². The molecule has 1 heterocycles. The number of aliphatic carboxylic acids is 1. The van der Waals surface area contributed by atoms with Gasteiger partial charge in [0, 0.05) is 18.8 Å². The third-order valence-electron chi connectivity index (χ3n) is 3.15. The monoisotopic (exact) mass is 288 g/mol. The van der Waals surface area contributed by atoms with Gasteiger partial charge in [-0.3, -0.25) is 9.48 Å². The van der Waals surface area contributed by atoms with Gasteiger partial charge in [0.2, 0.25) is 0 Å². The Labute approximate surface area is 124 Å². The van der Waals surface area contributed by atoms with Crippen molar-refractivity contribution < 1.29 is 14.6 Å². The quantitative estimate of drug-likeness (QED) is 0.887. The number of rotatable bonds is 6. The molecule has 5 heteroatoms. The zero-order valence-corrected chi connectivity index (χ0v) is 12.5. The Hall–Kier alpha value is -2.30. The summed E-state index contributed by atoms with van der Waals surface area (Å²) in [5.74, 6) is 0.172. The van der Waals surface area contributed by atoms with Gasteiger partial charge < -0.3 is 9.84 Å². The molecule has 1 aromatic carbocycles. The molecule has 0 fully saturated rings. The van der Waals surface area contributed by atoms with E-state index in [1.807, 2.05) is 42.2 Å². The molecule has 2 rings (SSSR count). The lowest BCUT2D eigenvalue weighted by Gasteiger charge is -2.07. The molecule has 0 saturated carbocycles. The van der Waals surface area contributed by atoms with Crippen molar-refractivity contribution in [2.45, 2.75) is 26.2 Å². The molecule has 0 aliphatic heterocycles. The van der Waals surface area contributed by atoms with Crippen LogP contribution < -0.4 is 4.74 Å². The van der Waals surface area contributed by atoms with Crippen LogP contribution in [0.3, 0.4) is 0 Å². The molecule has 0 radical (unpaired) electrons. The minimum Gasteiger partial charge on any atom is -0.493 e. The highest BCUT2D eigenvalue weighted by atomic mass is 16.5. The minimum absolute atomic E-state index is 0.00184. The Balaban J connectivity index is 2.13. The van der Waals surface area contributed by atoms with Crippen molar-refractivity contribution in [1.82, 2.24) is 9.78 Å². The normalized spacial score (nSPS) is 10.9. The Morgan fingerprint density at radius 1 is 1.33 bits per heavy atom. The van der Waals surface area contributed by atoms with E-state index in [1.54, 1.807) is 0 Å². The van der Waals surface area contributed by atoms with Crippen molar-refractivity contribution in [3.63, 3.8) is 0 Å². The van der Waals surface area contributed by atoms with E-state index in [9.17, 15) is 4.79 Å². The Morgan fingerprint density at radius 3 is 2.57 bits per heavy atom. The maximum absolute atomic E-state index is 10.4. The Kier molecular flexibility index (Phi) is 4.62. The first-order valence-electron chi connectivity index (χ1n) is 6.96. The van der Waals surface area contributed by atoms with E-state index in [2.05, 4.69) is 18.9 Å². The van der Waals surface area contributed by atoms with Crippen LogP contribution in [-0.4, -0.2) is 27.5 Å². The van der Waals surface area contributed by atoms with Gasteiger partial charge in [-0.15, -0.1) is 0 Å². The molecular weight excluding hydrogens is 268 g/mol. The molecule has 0 spiro atoms. The van der Waals surface area contributed by atoms with Crippen LogP contribution in [0.2, 0.25) is 0 Å². The van der Waals surface area contributed by atoms with E-state index in [1.165, 1.54) is 0 Å². The molecule has 0 aliphatic carbocycles. The Bertz CT molecular complexity index is 615. The zero-order chi connectivity index (χ0) is 15.4. The first kappa shape index (κ1) is 15.1. The second-order valence-electron chi connectivity index (χ2n) is 5.27. The average Bonchev–Trinajstić information content (AvgIpc) is 2.81. The van der Waals surface area contributed by atoms with E-state index in [0.29, 0.717) is 11.7 Å². The molecule has 0 aliphatic rings. The fourth-order valence-electron chi connectivity index (χ4n) is 2.14. The number of nitrogens with zero attached hydrogens (tertiary/aromatic N) is 2. The first-order chi connectivity index (χ1) is 9.97. The summed E-state index contributed by atoms with van der Waals surface area (Å²) in [5, 5.41) is 13.1. The van der Waals surface area contributed by atoms with Gasteiger partial charge in [0.15, 0.2) is 0 Å². The summed E-state index contributed by atoms with van der Waals surface area (Å²) < 4.78 is 7.21. The molecule has 112 valence electrons. The lowest BCUT2D eigenvalue weighted by Crippen LogP contribution is -2.04. The topological polar surface area (TPSA) is 64.4 Å². The van der Waals surface area contributed by atoms with Crippen molar-refractivity contribution in [3.05, 3.63) is 36.2 Å².